The second kappa shape index (κ2) is 11.6. The van der Waals surface area contributed by atoms with Crippen molar-refractivity contribution < 1.29 is 33.7 Å². The van der Waals surface area contributed by atoms with Crippen molar-refractivity contribution >= 4 is 46.3 Å². The SMILES string of the molecule is CCOc1cc(/C=C2\SC(=O)N(Cc3ccc([N+](=O)[O-])cc3)C2=O)ccc1OC(=O)c1cccc([N+](=O)[O-])c1. The Morgan fingerprint density at radius 3 is 2.33 bits per heavy atom. The Labute approximate surface area is 225 Å². The van der Waals surface area contributed by atoms with E-state index in [0.717, 1.165) is 22.7 Å². The summed E-state index contributed by atoms with van der Waals surface area (Å²) in [5, 5.41) is 21.3. The van der Waals surface area contributed by atoms with Crippen molar-refractivity contribution in [3.63, 3.8) is 0 Å². The fourth-order valence-electron chi connectivity index (χ4n) is 3.57. The Bertz CT molecular complexity index is 1520. The summed E-state index contributed by atoms with van der Waals surface area (Å²) in [5.41, 5.74) is 0.675. The standard InChI is InChI=1S/C26H19N3O9S/c1-2-37-22-12-17(8-11-21(22)38-25(31)18-4-3-5-20(14-18)29(35)36)13-23-24(30)27(26(32)39-23)15-16-6-9-19(10-7-16)28(33)34/h3-14H,2,15H2,1H3/b23-13-. The Hall–Kier alpha value is -5.04. The van der Waals surface area contributed by atoms with E-state index >= 15 is 0 Å². The number of carbonyl (C=O) groups excluding carboxylic acids is 3. The summed E-state index contributed by atoms with van der Waals surface area (Å²) in [4.78, 5) is 59.9. The molecule has 39 heavy (non-hydrogen) atoms. The maximum atomic E-state index is 12.9. The first-order valence-corrected chi connectivity index (χ1v) is 12.2. The van der Waals surface area contributed by atoms with Crippen LogP contribution in [0.1, 0.15) is 28.4 Å². The molecule has 0 aromatic heterocycles. The molecule has 0 N–H and O–H groups in total. The van der Waals surface area contributed by atoms with Gasteiger partial charge in [-0.15, -0.1) is 0 Å². The molecule has 2 amide bonds. The zero-order valence-electron chi connectivity index (χ0n) is 20.3. The summed E-state index contributed by atoms with van der Waals surface area (Å²) >= 11 is 0.748. The number of benzene rings is 3. The van der Waals surface area contributed by atoms with Crippen molar-refractivity contribution in [2.24, 2.45) is 0 Å². The van der Waals surface area contributed by atoms with E-state index in [1.807, 2.05) is 0 Å². The lowest BCUT2D eigenvalue weighted by Crippen LogP contribution is -2.27. The number of amides is 2. The highest BCUT2D eigenvalue weighted by molar-refractivity contribution is 8.18. The van der Waals surface area contributed by atoms with Crippen molar-refractivity contribution in [2.75, 3.05) is 6.61 Å². The first-order chi connectivity index (χ1) is 18.7. The summed E-state index contributed by atoms with van der Waals surface area (Å²) in [6.07, 6.45) is 1.50. The van der Waals surface area contributed by atoms with E-state index in [-0.39, 0.29) is 46.5 Å². The normalized spacial score (nSPS) is 14.0. The smallest absolute Gasteiger partial charge is 0.343 e. The summed E-state index contributed by atoms with van der Waals surface area (Å²) < 4.78 is 11.0. The third-order valence-corrected chi connectivity index (χ3v) is 6.33. The van der Waals surface area contributed by atoms with Crippen molar-refractivity contribution in [3.05, 3.63) is 109 Å². The third-order valence-electron chi connectivity index (χ3n) is 5.42. The molecule has 198 valence electrons. The molecule has 0 atom stereocenters. The molecule has 1 aliphatic rings. The van der Waals surface area contributed by atoms with Crippen LogP contribution in [0.3, 0.4) is 0 Å². The second-order valence-electron chi connectivity index (χ2n) is 8.03. The van der Waals surface area contributed by atoms with Gasteiger partial charge in [0.25, 0.3) is 22.5 Å². The van der Waals surface area contributed by atoms with E-state index < -0.39 is 27.0 Å². The van der Waals surface area contributed by atoms with E-state index in [0.29, 0.717) is 11.1 Å². The number of rotatable bonds is 9. The predicted octanol–water partition coefficient (Wildman–Crippen LogP) is 5.36. The molecule has 0 unspecified atom stereocenters. The van der Waals surface area contributed by atoms with Gasteiger partial charge in [-0.1, -0.05) is 24.3 Å². The van der Waals surface area contributed by atoms with E-state index in [2.05, 4.69) is 0 Å². The molecule has 13 heteroatoms. The lowest BCUT2D eigenvalue weighted by molar-refractivity contribution is -0.385. The fraction of sp³-hybridized carbons (Fsp3) is 0.115. The lowest BCUT2D eigenvalue weighted by Gasteiger charge is -2.12. The number of nitro benzene ring substituents is 2. The number of hydrogen-bond donors (Lipinski definition) is 0. The van der Waals surface area contributed by atoms with Crippen LogP contribution in [0.15, 0.2) is 71.6 Å². The summed E-state index contributed by atoms with van der Waals surface area (Å²) in [6.45, 7) is 1.91. The number of thioether (sulfide) groups is 1. The van der Waals surface area contributed by atoms with Crippen LogP contribution in [0.5, 0.6) is 11.5 Å². The first-order valence-electron chi connectivity index (χ1n) is 11.4. The van der Waals surface area contributed by atoms with Crippen LogP contribution in [0.2, 0.25) is 0 Å². The zero-order chi connectivity index (χ0) is 28.1. The molecule has 12 nitrogen and oxygen atoms in total. The third kappa shape index (κ3) is 6.27. The molecule has 0 saturated carbocycles. The summed E-state index contributed by atoms with van der Waals surface area (Å²) in [6, 6.07) is 15.2. The molecule has 0 aliphatic carbocycles. The number of non-ortho nitro benzene ring substituents is 2. The molecule has 0 radical (unpaired) electrons. The number of carbonyl (C=O) groups is 3. The van der Waals surface area contributed by atoms with Crippen molar-refractivity contribution in [2.45, 2.75) is 13.5 Å². The van der Waals surface area contributed by atoms with Gasteiger partial charge in [0.05, 0.1) is 33.5 Å². The van der Waals surface area contributed by atoms with Crippen molar-refractivity contribution in [1.82, 2.24) is 4.90 Å². The van der Waals surface area contributed by atoms with Crippen LogP contribution in [0, 0.1) is 20.2 Å². The molecule has 1 heterocycles. The van der Waals surface area contributed by atoms with E-state index in [9.17, 15) is 34.6 Å². The minimum absolute atomic E-state index is 0.0163. The van der Waals surface area contributed by atoms with Gasteiger partial charge in [0, 0.05) is 24.3 Å². The van der Waals surface area contributed by atoms with Gasteiger partial charge < -0.3 is 9.47 Å². The quantitative estimate of drug-likeness (QED) is 0.112. The zero-order valence-corrected chi connectivity index (χ0v) is 21.1. The van der Waals surface area contributed by atoms with Gasteiger partial charge in [-0.25, -0.2) is 4.79 Å². The average molecular weight is 550 g/mol. The number of esters is 1. The maximum Gasteiger partial charge on any atom is 0.343 e. The Morgan fingerprint density at radius 1 is 0.949 bits per heavy atom. The molecule has 0 bridgehead atoms. The van der Waals surface area contributed by atoms with Crippen molar-refractivity contribution in [3.8, 4) is 11.5 Å². The molecule has 1 fully saturated rings. The van der Waals surface area contributed by atoms with E-state index in [4.69, 9.17) is 9.47 Å². The average Bonchev–Trinajstić information content (AvgIpc) is 3.17. The Balaban J connectivity index is 1.52. The predicted molar refractivity (Wildman–Crippen MR) is 140 cm³/mol. The number of nitro groups is 2. The highest BCUT2D eigenvalue weighted by Gasteiger charge is 2.35. The van der Waals surface area contributed by atoms with E-state index in [1.165, 1.54) is 60.7 Å². The molecule has 3 aromatic carbocycles. The minimum atomic E-state index is -0.820. The van der Waals surface area contributed by atoms with Crippen LogP contribution in [-0.4, -0.2) is 38.5 Å². The molecule has 3 aromatic rings. The van der Waals surface area contributed by atoms with Gasteiger partial charge in [-0.05, 0) is 54.1 Å². The van der Waals surface area contributed by atoms with Gasteiger partial charge in [-0.3, -0.25) is 34.7 Å². The minimum Gasteiger partial charge on any atom is -0.490 e. The Kier molecular flexibility index (Phi) is 8.01. The molecule has 1 saturated heterocycles. The van der Waals surface area contributed by atoms with Crippen LogP contribution in [-0.2, 0) is 11.3 Å². The van der Waals surface area contributed by atoms with Crippen LogP contribution >= 0.6 is 11.8 Å². The van der Waals surface area contributed by atoms with Gasteiger partial charge in [0.1, 0.15) is 0 Å². The molecular weight excluding hydrogens is 530 g/mol. The maximum absolute atomic E-state index is 12.9. The molecule has 1 aliphatic heterocycles. The van der Waals surface area contributed by atoms with Gasteiger partial charge in [0.15, 0.2) is 11.5 Å². The van der Waals surface area contributed by atoms with Gasteiger partial charge in [0.2, 0.25) is 0 Å². The highest BCUT2D eigenvalue weighted by atomic mass is 32.2. The monoisotopic (exact) mass is 549 g/mol. The summed E-state index contributed by atoms with van der Waals surface area (Å²) in [7, 11) is 0. The number of hydrogen-bond acceptors (Lipinski definition) is 10. The molecule has 4 rings (SSSR count). The topological polar surface area (TPSA) is 159 Å². The van der Waals surface area contributed by atoms with Crippen LogP contribution < -0.4 is 9.47 Å². The highest BCUT2D eigenvalue weighted by Crippen LogP contribution is 2.36. The Morgan fingerprint density at radius 2 is 1.67 bits per heavy atom. The fourth-order valence-corrected chi connectivity index (χ4v) is 4.40. The number of ether oxygens (including phenoxy) is 2. The van der Waals surface area contributed by atoms with Crippen LogP contribution in [0.25, 0.3) is 6.08 Å². The second-order valence-corrected chi connectivity index (χ2v) is 9.02. The number of nitrogens with zero attached hydrogens (tertiary/aromatic N) is 3. The molecular formula is C26H19N3O9S. The van der Waals surface area contributed by atoms with Gasteiger partial charge >= 0.3 is 5.97 Å². The largest absolute Gasteiger partial charge is 0.490 e. The van der Waals surface area contributed by atoms with E-state index in [1.54, 1.807) is 13.0 Å². The summed E-state index contributed by atoms with van der Waals surface area (Å²) in [5.74, 6) is -1.09. The van der Waals surface area contributed by atoms with Crippen molar-refractivity contribution in [1.29, 1.82) is 0 Å². The molecule has 0 spiro atoms. The lowest BCUT2D eigenvalue weighted by atomic mass is 10.1. The van der Waals surface area contributed by atoms with Gasteiger partial charge in [-0.2, -0.15) is 0 Å². The van der Waals surface area contributed by atoms with Crippen LogP contribution in [0.4, 0.5) is 16.2 Å². The first kappa shape index (κ1) is 27.0. The number of imide groups is 1.